The Labute approximate surface area is 122 Å². The Balaban J connectivity index is 1.84. The highest BCUT2D eigenvalue weighted by atomic mass is 32.1. The third kappa shape index (κ3) is 2.56. The number of benzene rings is 1. The van der Waals surface area contributed by atoms with Crippen molar-refractivity contribution in [2.24, 2.45) is 10.2 Å². The summed E-state index contributed by atoms with van der Waals surface area (Å²) in [5, 5.41) is 21.0. The third-order valence-electron chi connectivity index (χ3n) is 2.78. The van der Waals surface area contributed by atoms with Gasteiger partial charge in [-0.05, 0) is 12.1 Å². The zero-order valence-electron chi connectivity index (χ0n) is 10.5. The number of thiophene rings is 1. The molecular weight excluding hydrogens is 292 g/mol. The van der Waals surface area contributed by atoms with Crippen LogP contribution in [0.5, 0.6) is 0 Å². The van der Waals surface area contributed by atoms with Crippen LogP contribution in [0.4, 0.5) is 10.7 Å². The van der Waals surface area contributed by atoms with E-state index in [9.17, 15) is 14.9 Å². The fraction of sp³-hybridized carbons (Fsp3) is 0. The maximum absolute atomic E-state index is 11.8. The molecule has 0 saturated heterocycles. The Hall–Kier alpha value is -2.87. The molecule has 2 aromatic rings. The summed E-state index contributed by atoms with van der Waals surface area (Å²) in [6.45, 7) is 0. The molecule has 1 aromatic carbocycles. The fourth-order valence-corrected chi connectivity index (χ4v) is 2.54. The summed E-state index contributed by atoms with van der Waals surface area (Å²) in [5.41, 5.74) is 1.62. The van der Waals surface area contributed by atoms with Crippen molar-refractivity contribution in [2.75, 3.05) is 5.32 Å². The number of nitro groups is 1. The van der Waals surface area contributed by atoms with Crippen molar-refractivity contribution in [2.45, 2.75) is 0 Å². The Kier molecular flexibility index (Phi) is 3.28. The third-order valence-corrected chi connectivity index (χ3v) is 3.75. The molecule has 7 nitrogen and oxygen atoms in total. The van der Waals surface area contributed by atoms with E-state index in [-0.39, 0.29) is 16.6 Å². The van der Waals surface area contributed by atoms with Gasteiger partial charge in [0.25, 0.3) is 5.91 Å². The molecule has 0 spiro atoms. The van der Waals surface area contributed by atoms with Crippen molar-refractivity contribution in [3.05, 3.63) is 57.0 Å². The minimum atomic E-state index is -0.464. The van der Waals surface area contributed by atoms with Crippen molar-refractivity contribution in [1.82, 2.24) is 0 Å². The Morgan fingerprint density at radius 1 is 1.24 bits per heavy atom. The molecule has 1 aliphatic heterocycles. The van der Waals surface area contributed by atoms with Gasteiger partial charge in [0.05, 0.1) is 21.7 Å². The summed E-state index contributed by atoms with van der Waals surface area (Å²) in [6.07, 6.45) is 1.39. The van der Waals surface area contributed by atoms with E-state index in [0.717, 1.165) is 11.3 Å². The molecule has 8 heteroatoms. The van der Waals surface area contributed by atoms with Crippen molar-refractivity contribution in [1.29, 1.82) is 0 Å². The topological polar surface area (TPSA) is 97.0 Å². The van der Waals surface area contributed by atoms with Gasteiger partial charge in [-0.25, -0.2) is 0 Å². The van der Waals surface area contributed by atoms with E-state index in [0.29, 0.717) is 16.1 Å². The van der Waals surface area contributed by atoms with E-state index in [4.69, 9.17) is 0 Å². The van der Waals surface area contributed by atoms with E-state index in [2.05, 4.69) is 15.5 Å². The van der Waals surface area contributed by atoms with Gasteiger partial charge in [0.1, 0.15) is 0 Å². The quantitative estimate of drug-likeness (QED) is 0.535. The van der Waals surface area contributed by atoms with Crippen LogP contribution in [0.15, 0.2) is 46.6 Å². The average Bonchev–Trinajstić information content (AvgIpc) is 3.04. The molecule has 3 rings (SSSR count). The number of hydrogen-bond donors (Lipinski definition) is 1. The number of carbonyl (C=O) groups excluding carboxylic acids is 1. The van der Waals surface area contributed by atoms with Crippen molar-refractivity contribution in [3.63, 3.8) is 0 Å². The lowest BCUT2D eigenvalue weighted by Crippen LogP contribution is -2.13. The van der Waals surface area contributed by atoms with Gasteiger partial charge < -0.3 is 5.32 Å². The van der Waals surface area contributed by atoms with Gasteiger partial charge in [-0.1, -0.05) is 29.5 Å². The Bertz CT molecular complexity index is 794. The predicted molar refractivity (Wildman–Crippen MR) is 80.2 cm³/mol. The summed E-state index contributed by atoms with van der Waals surface area (Å²) in [6, 6.07) is 10.2. The number of nitrogens with one attached hydrogen (secondary N) is 1. The van der Waals surface area contributed by atoms with E-state index in [1.165, 1.54) is 12.3 Å². The Morgan fingerprint density at radius 2 is 2.05 bits per heavy atom. The number of rotatable bonds is 3. The van der Waals surface area contributed by atoms with Crippen LogP contribution in [0, 0.1) is 10.1 Å². The van der Waals surface area contributed by atoms with Gasteiger partial charge in [-0.15, -0.1) is 5.10 Å². The molecule has 0 saturated carbocycles. The zero-order valence-corrected chi connectivity index (χ0v) is 11.3. The summed E-state index contributed by atoms with van der Waals surface area (Å²) in [5.74, 6) is -0.314. The highest BCUT2D eigenvalue weighted by molar-refractivity contribution is 7.16. The molecule has 0 bridgehead atoms. The Morgan fingerprint density at radius 3 is 2.81 bits per heavy atom. The largest absolute Gasteiger partial charge is 0.324 e. The number of amides is 1. The van der Waals surface area contributed by atoms with Crippen LogP contribution >= 0.6 is 11.3 Å². The van der Waals surface area contributed by atoms with Gasteiger partial charge >= 0.3 is 5.00 Å². The number of nitrogens with zero attached hydrogens (tertiary/aromatic N) is 3. The first kappa shape index (κ1) is 13.1. The van der Waals surface area contributed by atoms with Crippen molar-refractivity contribution in [3.8, 4) is 0 Å². The first-order valence-electron chi connectivity index (χ1n) is 5.91. The second kappa shape index (κ2) is 5.25. The maximum Gasteiger partial charge on any atom is 0.324 e. The van der Waals surface area contributed by atoms with Crippen LogP contribution in [0.2, 0.25) is 0 Å². The summed E-state index contributed by atoms with van der Waals surface area (Å²) in [7, 11) is 0. The smallest absolute Gasteiger partial charge is 0.320 e. The van der Waals surface area contributed by atoms with Gasteiger partial charge in [0, 0.05) is 11.6 Å². The van der Waals surface area contributed by atoms with Crippen LogP contribution in [-0.2, 0) is 4.79 Å². The van der Waals surface area contributed by atoms with Gasteiger partial charge in [-0.3, -0.25) is 14.9 Å². The summed E-state index contributed by atoms with van der Waals surface area (Å²) in [4.78, 5) is 22.5. The molecule has 0 atom stereocenters. The van der Waals surface area contributed by atoms with Crippen molar-refractivity contribution < 1.29 is 9.72 Å². The lowest BCUT2D eigenvalue weighted by atomic mass is 10.1. The summed E-state index contributed by atoms with van der Waals surface area (Å²) >= 11 is 0.992. The average molecular weight is 300 g/mol. The highest BCUT2D eigenvalue weighted by Gasteiger charge is 2.25. The van der Waals surface area contributed by atoms with Crippen LogP contribution in [0.25, 0.3) is 0 Å². The number of anilines is 1. The fourth-order valence-electron chi connectivity index (χ4n) is 1.85. The number of para-hydroxylation sites is 1. The molecule has 0 radical (unpaired) electrons. The van der Waals surface area contributed by atoms with Gasteiger partial charge in [0.2, 0.25) is 0 Å². The van der Waals surface area contributed by atoms with E-state index >= 15 is 0 Å². The number of fused-ring (bicyclic) bond motifs is 1. The first-order valence-corrected chi connectivity index (χ1v) is 6.73. The molecule has 2 heterocycles. The maximum atomic E-state index is 11.8. The molecule has 1 N–H and O–H groups in total. The molecule has 1 aromatic heterocycles. The number of carbonyl (C=O) groups is 1. The predicted octanol–water partition coefficient (Wildman–Crippen LogP) is 2.43. The number of hydrogen-bond acceptors (Lipinski definition) is 6. The molecular formula is C13H8N4O3S. The van der Waals surface area contributed by atoms with Crippen molar-refractivity contribution >= 4 is 39.9 Å². The monoisotopic (exact) mass is 300 g/mol. The summed E-state index contributed by atoms with van der Waals surface area (Å²) < 4.78 is 0. The van der Waals surface area contributed by atoms with E-state index < -0.39 is 4.92 Å². The van der Waals surface area contributed by atoms with E-state index in [1.807, 2.05) is 6.07 Å². The van der Waals surface area contributed by atoms with E-state index in [1.54, 1.807) is 24.3 Å². The van der Waals surface area contributed by atoms with Gasteiger partial charge in [0.15, 0.2) is 5.71 Å². The molecule has 21 heavy (non-hydrogen) atoms. The molecule has 1 aliphatic rings. The minimum Gasteiger partial charge on any atom is -0.320 e. The van der Waals surface area contributed by atoms with Crippen LogP contribution in [0.1, 0.15) is 10.4 Å². The highest BCUT2D eigenvalue weighted by Crippen LogP contribution is 2.24. The molecule has 0 unspecified atom stereocenters. The SMILES string of the molecule is O=C1Nc2ccccc2/C1=N\N=C/c1ccc([N+](=O)[O-])s1. The van der Waals surface area contributed by atoms with Crippen LogP contribution in [-0.4, -0.2) is 22.8 Å². The second-order valence-corrected chi connectivity index (χ2v) is 5.22. The lowest BCUT2D eigenvalue weighted by molar-refractivity contribution is -0.380. The first-order chi connectivity index (χ1) is 10.1. The molecule has 0 fully saturated rings. The second-order valence-electron chi connectivity index (χ2n) is 4.13. The molecule has 0 aliphatic carbocycles. The van der Waals surface area contributed by atoms with Crippen LogP contribution in [0.3, 0.4) is 0 Å². The minimum absolute atomic E-state index is 0.0352. The van der Waals surface area contributed by atoms with Gasteiger partial charge in [-0.2, -0.15) is 5.10 Å². The molecule has 1 amide bonds. The van der Waals surface area contributed by atoms with Crippen LogP contribution < -0.4 is 5.32 Å². The zero-order chi connectivity index (χ0) is 14.8. The normalized spacial score (nSPS) is 15.4. The molecule has 104 valence electrons. The lowest BCUT2D eigenvalue weighted by Gasteiger charge is -1.93. The standard InChI is InChI=1S/C13H8N4O3S/c18-13-12(9-3-1-2-4-10(9)15-13)16-14-7-8-5-6-11(21-8)17(19)20/h1-7H,(H,15,16,18)/b14-7-.